The molecule has 0 unspecified atom stereocenters. The van der Waals surface area contributed by atoms with E-state index < -0.39 is 10.0 Å². The maximum Gasteiger partial charge on any atom is 0.240 e. The number of sulfonamides is 1. The molecule has 0 aliphatic heterocycles. The number of hydrogen-bond donors (Lipinski definition) is 1. The van der Waals surface area contributed by atoms with E-state index in [0.717, 1.165) is 6.42 Å². The third-order valence-corrected chi connectivity index (χ3v) is 3.92. The molecule has 0 saturated heterocycles. The van der Waals surface area contributed by atoms with Gasteiger partial charge in [0.15, 0.2) is 0 Å². The summed E-state index contributed by atoms with van der Waals surface area (Å²) in [5.41, 5.74) is 0. The molecule has 1 aromatic rings. The first-order valence-corrected chi connectivity index (χ1v) is 7.92. The number of hydrogen-bond acceptors (Lipinski definition) is 3. The Morgan fingerprint density at radius 1 is 1.26 bits per heavy atom. The van der Waals surface area contributed by atoms with Gasteiger partial charge in [0.25, 0.3) is 0 Å². The second kappa shape index (κ2) is 7.96. The van der Waals surface area contributed by atoms with Crippen LogP contribution in [-0.2, 0) is 10.0 Å². The molecule has 0 saturated carbocycles. The summed E-state index contributed by atoms with van der Waals surface area (Å²) >= 11 is 0. The highest BCUT2D eigenvalue weighted by Crippen LogP contribution is 2.16. The minimum atomic E-state index is -3.42. The standard InChI is InChI=1S/C14H21NO3S/c1-3-5-6-11-15-19(16,17)14-9-7-13(8-10-14)18-12-4-2/h3,5,7-10,15H,4,6,11-12H2,1-2H3/b5-3+. The van der Waals surface area contributed by atoms with Crippen LogP contribution in [0.15, 0.2) is 41.3 Å². The summed E-state index contributed by atoms with van der Waals surface area (Å²) in [4.78, 5) is 0.261. The van der Waals surface area contributed by atoms with Gasteiger partial charge in [-0.3, -0.25) is 0 Å². The van der Waals surface area contributed by atoms with Gasteiger partial charge in [0.1, 0.15) is 5.75 Å². The van der Waals surface area contributed by atoms with Crippen molar-refractivity contribution in [3.05, 3.63) is 36.4 Å². The Hall–Kier alpha value is -1.33. The normalized spacial score (nSPS) is 11.9. The molecule has 0 amide bonds. The molecule has 1 aromatic carbocycles. The Balaban J connectivity index is 2.62. The molecular formula is C14H21NO3S. The maximum atomic E-state index is 11.9. The van der Waals surface area contributed by atoms with Crippen molar-refractivity contribution >= 4 is 10.0 Å². The monoisotopic (exact) mass is 283 g/mol. The summed E-state index contributed by atoms with van der Waals surface area (Å²) in [6.07, 6.45) is 5.43. The van der Waals surface area contributed by atoms with Gasteiger partial charge in [0.2, 0.25) is 10.0 Å². The zero-order chi connectivity index (χ0) is 14.1. The van der Waals surface area contributed by atoms with Gasteiger partial charge in [0, 0.05) is 6.54 Å². The summed E-state index contributed by atoms with van der Waals surface area (Å²) in [7, 11) is -3.42. The van der Waals surface area contributed by atoms with Crippen molar-refractivity contribution < 1.29 is 13.2 Å². The molecule has 0 atom stereocenters. The van der Waals surface area contributed by atoms with E-state index in [1.165, 1.54) is 0 Å². The Labute approximate surface area is 115 Å². The molecule has 5 heteroatoms. The van der Waals surface area contributed by atoms with Crippen LogP contribution in [0.2, 0.25) is 0 Å². The van der Waals surface area contributed by atoms with E-state index in [0.29, 0.717) is 25.3 Å². The first kappa shape index (κ1) is 15.7. The molecule has 0 aliphatic carbocycles. The fourth-order valence-corrected chi connectivity index (χ4v) is 2.51. The highest BCUT2D eigenvalue weighted by molar-refractivity contribution is 7.89. The van der Waals surface area contributed by atoms with Crippen molar-refractivity contribution in [1.29, 1.82) is 0 Å². The van der Waals surface area contributed by atoms with E-state index in [1.54, 1.807) is 24.3 Å². The van der Waals surface area contributed by atoms with Gasteiger partial charge in [0.05, 0.1) is 11.5 Å². The number of nitrogens with one attached hydrogen (secondary N) is 1. The second-order valence-electron chi connectivity index (χ2n) is 4.08. The lowest BCUT2D eigenvalue weighted by Gasteiger charge is -2.07. The van der Waals surface area contributed by atoms with Crippen LogP contribution in [0, 0.1) is 0 Å². The SMILES string of the molecule is C/C=C/CCNS(=O)(=O)c1ccc(OCCC)cc1. The molecule has 1 N–H and O–H groups in total. The van der Waals surface area contributed by atoms with Crippen LogP contribution in [0.25, 0.3) is 0 Å². The van der Waals surface area contributed by atoms with Gasteiger partial charge < -0.3 is 4.74 Å². The third-order valence-electron chi connectivity index (χ3n) is 2.45. The van der Waals surface area contributed by atoms with E-state index in [2.05, 4.69) is 4.72 Å². The van der Waals surface area contributed by atoms with E-state index in [1.807, 2.05) is 26.0 Å². The Morgan fingerprint density at radius 2 is 1.95 bits per heavy atom. The smallest absolute Gasteiger partial charge is 0.240 e. The third kappa shape index (κ3) is 5.44. The topological polar surface area (TPSA) is 55.4 Å². The van der Waals surface area contributed by atoms with Crippen molar-refractivity contribution in [1.82, 2.24) is 4.72 Å². The highest BCUT2D eigenvalue weighted by atomic mass is 32.2. The molecule has 0 aliphatic rings. The zero-order valence-corrected chi connectivity index (χ0v) is 12.2. The molecule has 0 fully saturated rings. The summed E-state index contributed by atoms with van der Waals surface area (Å²) in [6.45, 7) is 4.96. The van der Waals surface area contributed by atoms with Crippen LogP contribution < -0.4 is 9.46 Å². The van der Waals surface area contributed by atoms with E-state index >= 15 is 0 Å². The van der Waals surface area contributed by atoms with Crippen LogP contribution in [0.3, 0.4) is 0 Å². The van der Waals surface area contributed by atoms with Crippen molar-refractivity contribution in [2.24, 2.45) is 0 Å². The van der Waals surface area contributed by atoms with E-state index in [-0.39, 0.29) is 4.90 Å². The molecule has 1 rings (SSSR count). The lowest BCUT2D eigenvalue weighted by Crippen LogP contribution is -2.24. The zero-order valence-electron chi connectivity index (χ0n) is 11.4. The predicted octanol–water partition coefficient (Wildman–Crippen LogP) is 2.72. The van der Waals surface area contributed by atoms with Crippen LogP contribution in [-0.4, -0.2) is 21.6 Å². The lowest BCUT2D eigenvalue weighted by atomic mass is 10.3. The van der Waals surface area contributed by atoms with Gasteiger partial charge in [-0.2, -0.15) is 0 Å². The molecular weight excluding hydrogens is 262 g/mol. The molecule has 0 spiro atoms. The number of allylic oxidation sites excluding steroid dienone is 1. The molecule has 0 radical (unpaired) electrons. The van der Waals surface area contributed by atoms with Gasteiger partial charge in [-0.1, -0.05) is 19.1 Å². The fraction of sp³-hybridized carbons (Fsp3) is 0.429. The maximum absolute atomic E-state index is 11.9. The van der Waals surface area contributed by atoms with Gasteiger partial charge >= 0.3 is 0 Å². The number of rotatable bonds is 8. The van der Waals surface area contributed by atoms with Gasteiger partial charge in [-0.05, 0) is 44.0 Å². The summed E-state index contributed by atoms with van der Waals surface area (Å²) in [5, 5.41) is 0. The van der Waals surface area contributed by atoms with E-state index in [9.17, 15) is 8.42 Å². The Bertz CT molecular complexity index is 492. The first-order valence-electron chi connectivity index (χ1n) is 6.44. The average Bonchev–Trinajstić information content (AvgIpc) is 2.42. The molecule has 19 heavy (non-hydrogen) atoms. The van der Waals surface area contributed by atoms with Crippen molar-refractivity contribution in [3.8, 4) is 5.75 Å². The van der Waals surface area contributed by atoms with Crippen molar-refractivity contribution in [3.63, 3.8) is 0 Å². The highest BCUT2D eigenvalue weighted by Gasteiger charge is 2.12. The molecule has 0 bridgehead atoms. The molecule has 0 heterocycles. The fourth-order valence-electron chi connectivity index (χ4n) is 1.46. The van der Waals surface area contributed by atoms with Crippen LogP contribution in [0.4, 0.5) is 0 Å². The van der Waals surface area contributed by atoms with Gasteiger partial charge in [-0.15, -0.1) is 0 Å². The Kier molecular flexibility index (Phi) is 6.59. The molecule has 0 aromatic heterocycles. The first-order chi connectivity index (χ1) is 9.10. The van der Waals surface area contributed by atoms with Crippen LogP contribution in [0.5, 0.6) is 5.75 Å². The molecule has 4 nitrogen and oxygen atoms in total. The van der Waals surface area contributed by atoms with Gasteiger partial charge in [-0.25, -0.2) is 13.1 Å². The lowest BCUT2D eigenvalue weighted by molar-refractivity contribution is 0.317. The minimum absolute atomic E-state index is 0.261. The Morgan fingerprint density at radius 3 is 2.53 bits per heavy atom. The average molecular weight is 283 g/mol. The van der Waals surface area contributed by atoms with Crippen LogP contribution in [0.1, 0.15) is 26.7 Å². The quantitative estimate of drug-likeness (QED) is 0.589. The number of benzene rings is 1. The second-order valence-corrected chi connectivity index (χ2v) is 5.84. The predicted molar refractivity (Wildman–Crippen MR) is 76.8 cm³/mol. The van der Waals surface area contributed by atoms with Crippen LogP contribution >= 0.6 is 0 Å². The molecule has 106 valence electrons. The summed E-state index contributed by atoms with van der Waals surface area (Å²) < 4.78 is 31.9. The number of ether oxygens (including phenoxy) is 1. The van der Waals surface area contributed by atoms with E-state index in [4.69, 9.17) is 4.74 Å². The summed E-state index contributed by atoms with van der Waals surface area (Å²) in [5.74, 6) is 0.690. The van der Waals surface area contributed by atoms with Crippen molar-refractivity contribution in [2.75, 3.05) is 13.2 Å². The largest absolute Gasteiger partial charge is 0.494 e. The minimum Gasteiger partial charge on any atom is -0.494 e. The van der Waals surface area contributed by atoms with Crippen molar-refractivity contribution in [2.45, 2.75) is 31.6 Å². The summed E-state index contributed by atoms with van der Waals surface area (Å²) in [6, 6.07) is 6.47.